The van der Waals surface area contributed by atoms with Crippen LogP contribution in [0.15, 0.2) is 24.8 Å². The van der Waals surface area contributed by atoms with Crippen LogP contribution in [-0.4, -0.2) is 16.2 Å². The van der Waals surface area contributed by atoms with E-state index in [1.54, 1.807) is 19.1 Å². The average Bonchev–Trinajstić information content (AvgIpc) is 2.20. The molecule has 3 heteroatoms. The molecule has 0 amide bonds. The first-order valence-electron chi connectivity index (χ1n) is 4.73. The molecule has 3 nitrogen and oxygen atoms in total. The van der Waals surface area contributed by atoms with Crippen molar-refractivity contribution >= 4 is 5.97 Å². The van der Waals surface area contributed by atoms with E-state index in [-0.39, 0.29) is 11.3 Å². The van der Waals surface area contributed by atoms with Gasteiger partial charge in [0, 0.05) is 5.56 Å². The molecule has 0 aliphatic carbocycles. The van der Waals surface area contributed by atoms with Crippen LogP contribution in [0.5, 0.6) is 5.75 Å². The van der Waals surface area contributed by atoms with Crippen molar-refractivity contribution in [3.63, 3.8) is 0 Å². The van der Waals surface area contributed by atoms with Crippen molar-refractivity contribution in [1.29, 1.82) is 0 Å². The number of phenols is 1. The number of aryl methyl sites for hydroxylation is 1. The predicted octanol–water partition coefficient (Wildman–Crippen LogP) is 2.52. The summed E-state index contributed by atoms with van der Waals surface area (Å²) < 4.78 is 0. The SMILES string of the molecule is C=CCCc1ccc(C(=O)O)c(C)c1O. The highest BCUT2D eigenvalue weighted by Gasteiger charge is 2.12. The van der Waals surface area contributed by atoms with Gasteiger partial charge in [-0.1, -0.05) is 12.1 Å². The summed E-state index contributed by atoms with van der Waals surface area (Å²) in [7, 11) is 0. The standard InChI is InChI=1S/C12H14O3/c1-3-4-5-9-6-7-10(12(14)15)8(2)11(9)13/h3,6-7,13H,1,4-5H2,2H3,(H,14,15). The van der Waals surface area contributed by atoms with Crippen LogP contribution in [0, 0.1) is 6.92 Å². The highest BCUT2D eigenvalue weighted by Crippen LogP contribution is 2.26. The van der Waals surface area contributed by atoms with Crippen LogP contribution in [0.4, 0.5) is 0 Å². The molecule has 0 aliphatic heterocycles. The van der Waals surface area contributed by atoms with Crippen molar-refractivity contribution in [3.05, 3.63) is 41.5 Å². The first-order chi connectivity index (χ1) is 7.07. The Balaban J connectivity index is 3.09. The molecule has 80 valence electrons. The summed E-state index contributed by atoms with van der Waals surface area (Å²) in [5, 5.41) is 18.6. The zero-order valence-corrected chi connectivity index (χ0v) is 8.66. The summed E-state index contributed by atoms with van der Waals surface area (Å²) in [6.45, 7) is 5.21. The van der Waals surface area contributed by atoms with Crippen molar-refractivity contribution in [2.24, 2.45) is 0 Å². The molecule has 0 fully saturated rings. The number of carbonyl (C=O) groups is 1. The lowest BCUT2D eigenvalue weighted by Crippen LogP contribution is -2.01. The van der Waals surface area contributed by atoms with Gasteiger partial charge < -0.3 is 10.2 Å². The van der Waals surface area contributed by atoms with Crippen LogP contribution >= 0.6 is 0 Å². The van der Waals surface area contributed by atoms with E-state index in [2.05, 4.69) is 6.58 Å². The molecule has 0 saturated carbocycles. The largest absolute Gasteiger partial charge is 0.507 e. The van der Waals surface area contributed by atoms with Crippen LogP contribution in [0.3, 0.4) is 0 Å². The Morgan fingerprint density at radius 1 is 1.53 bits per heavy atom. The Labute approximate surface area is 88.7 Å². The zero-order valence-electron chi connectivity index (χ0n) is 8.66. The van der Waals surface area contributed by atoms with E-state index in [0.29, 0.717) is 12.0 Å². The van der Waals surface area contributed by atoms with Gasteiger partial charge in [0.2, 0.25) is 0 Å². The lowest BCUT2D eigenvalue weighted by Gasteiger charge is -2.08. The maximum absolute atomic E-state index is 10.8. The molecule has 0 aromatic heterocycles. The Kier molecular flexibility index (Phi) is 3.50. The number of rotatable bonds is 4. The molecular formula is C12H14O3. The lowest BCUT2D eigenvalue weighted by molar-refractivity contribution is 0.0695. The quantitative estimate of drug-likeness (QED) is 0.744. The minimum atomic E-state index is -1.02. The van der Waals surface area contributed by atoms with Crippen LogP contribution in [0.25, 0.3) is 0 Å². The van der Waals surface area contributed by atoms with Crippen LogP contribution < -0.4 is 0 Å². The van der Waals surface area contributed by atoms with Gasteiger partial charge in [-0.3, -0.25) is 0 Å². The topological polar surface area (TPSA) is 57.5 Å². The highest BCUT2D eigenvalue weighted by molar-refractivity contribution is 5.90. The fraction of sp³-hybridized carbons (Fsp3) is 0.250. The number of carboxylic acid groups (broad SMARTS) is 1. The molecule has 0 unspecified atom stereocenters. The molecule has 0 bridgehead atoms. The van der Waals surface area contributed by atoms with Gasteiger partial charge >= 0.3 is 5.97 Å². The summed E-state index contributed by atoms with van der Waals surface area (Å²) in [6.07, 6.45) is 3.20. The first kappa shape index (κ1) is 11.3. The molecule has 1 aromatic rings. The van der Waals surface area contributed by atoms with Gasteiger partial charge in [-0.2, -0.15) is 0 Å². The monoisotopic (exact) mass is 206 g/mol. The second kappa shape index (κ2) is 4.64. The molecule has 0 radical (unpaired) electrons. The van der Waals surface area contributed by atoms with E-state index < -0.39 is 5.97 Å². The van der Waals surface area contributed by atoms with Crippen LogP contribution in [-0.2, 0) is 6.42 Å². The van der Waals surface area contributed by atoms with Crippen molar-refractivity contribution in [2.75, 3.05) is 0 Å². The Hall–Kier alpha value is -1.77. The van der Waals surface area contributed by atoms with Gasteiger partial charge in [0.25, 0.3) is 0 Å². The molecule has 15 heavy (non-hydrogen) atoms. The minimum absolute atomic E-state index is 0.0803. The third-order valence-electron chi connectivity index (χ3n) is 2.36. The Bertz CT molecular complexity index is 394. The molecule has 0 spiro atoms. The number of hydrogen-bond acceptors (Lipinski definition) is 2. The smallest absolute Gasteiger partial charge is 0.336 e. The van der Waals surface area contributed by atoms with Gasteiger partial charge in [0.1, 0.15) is 5.75 Å². The van der Waals surface area contributed by atoms with Crippen LogP contribution in [0.1, 0.15) is 27.9 Å². The molecule has 1 aromatic carbocycles. The number of allylic oxidation sites excluding steroid dienone is 1. The second-order valence-electron chi connectivity index (χ2n) is 3.38. The third-order valence-corrected chi connectivity index (χ3v) is 2.36. The maximum atomic E-state index is 10.8. The van der Waals surface area contributed by atoms with Crippen molar-refractivity contribution in [3.8, 4) is 5.75 Å². The molecule has 0 atom stereocenters. The van der Waals surface area contributed by atoms with Crippen molar-refractivity contribution in [2.45, 2.75) is 19.8 Å². The summed E-state index contributed by atoms with van der Waals surface area (Å²) >= 11 is 0. The lowest BCUT2D eigenvalue weighted by atomic mass is 10.0. The fourth-order valence-electron chi connectivity index (χ4n) is 1.45. The Morgan fingerprint density at radius 3 is 2.73 bits per heavy atom. The molecular weight excluding hydrogens is 192 g/mol. The van der Waals surface area contributed by atoms with E-state index in [0.717, 1.165) is 12.0 Å². The van der Waals surface area contributed by atoms with Gasteiger partial charge in [0.15, 0.2) is 0 Å². The average molecular weight is 206 g/mol. The number of phenolic OH excluding ortho intramolecular Hbond substituents is 1. The van der Waals surface area contributed by atoms with Gasteiger partial charge in [-0.05, 0) is 31.4 Å². The third kappa shape index (κ3) is 2.37. The molecule has 1 rings (SSSR count). The van der Waals surface area contributed by atoms with E-state index in [1.165, 1.54) is 6.07 Å². The first-order valence-corrected chi connectivity index (χ1v) is 4.73. The van der Waals surface area contributed by atoms with Crippen molar-refractivity contribution in [1.82, 2.24) is 0 Å². The van der Waals surface area contributed by atoms with Gasteiger partial charge in [0.05, 0.1) is 5.56 Å². The fourth-order valence-corrected chi connectivity index (χ4v) is 1.45. The van der Waals surface area contributed by atoms with Crippen LogP contribution in [0.2, 0.25) is 0 Å². The van der Waals surface area contributed by atoms with E-state index in [4.69, 9.17) is 5.11 Å². The highest BCUT2D eigenvalue weighted by atomic mass is 16.4. The predicted molar refractivity (Wildman–Crippen MR) is 58.3 cm³/mol. The summed E-state index contributed by atoms with van der Waals surface area (Å²) in [6, 6.07) is 3.17. The molecule has 2 N–H and O–H groups in total. The van der Waals surface area contributed by atoms with Gasteiger partial charge in [-0.15, -0.1) is 6.58 Å². The zero-order chi connectivity index (χ0) is 11.4. The second-order valence-corrected chi connectivity index (χ2v) is 3.38. The van der Waals surface area contributed by atoms with Gasteiger partial charge in [-0.25, -0.2) is 4.79 Å². The minimum Gasteiger partial charge on any atom is -0.507 e. The summed E-state index contributed by atoms with van der Waals surface area (Å²) in [4.78, 5) is 10.8. The number of carboxylic acids is 1. The number of hydrogen-bond donors (Lipinski definition) is 2. The van der Waals surface area contributed by atoms with E-state index in [9.17, 15) is 9.90 Å². The maximum Gasteiger partial charge on any atom is 0.336 e. The summed E-state index contributed by atoms with van der Waals surface area (Å²) in [5.41, 5.74) is 1.33. The molecule has 0 saturated heterocycles. The molecule has 0 aliphatic rings. The molecule has 0 heterocycles. The van der Waals surface area contributed by atoms with E-state index in [1.807, 2.05) is 0 Å². The summed E-state index contributed by atoms with van der Waals surface area (Å²) in [5.74, 6) is -0.935. The van der Waals surface area contributed by atoms with E-state index >= 15 is 0 Å². The number of aromatic hydroxyl groups is 1. The number of benzene rings is 1. The normalized spacial score (nSPS) is 9.93. The van der Waals surface area contributed by atoms with Crippen molar-refractivity contribution < 1.29 is 15.0 Å². The number of aromatic carboxylic acids is 1. The Morgan fingerprint density at radius 2 is 2.20 bits per heavy atom.